The van der Waals surface area contributed by atoms with E-state index in [-0.39, 0.29) is 35.6 Å². The van der Waals surface area contributed by atoms with E-state index in [4.69, 9.17) is 15.2 Å². The number of nitrogens with one attached hydrogen (secondary N) is 1. The maximum Gasteiger partial charge on any atom is 0.255 e. The monoisotopic (exact) mass is 515 g/mol. The maximum atomic E-state index is 13.8. The molecule has 0 aromatic heterocycles. The summed E-state index contributed by atoms with van der Waals surface area (Å²) in [7, 11) is 6.71. The molecule has 11 heteroatoms. The predicted octanol–water partition coefficient (Wildman–Crippen LogP) is 1.24. The van der Waals surface area contributed by atoms with Gasteiger partial charge < -0.3 is 40.7 Å². The molecule has 0 heterocycles. The molecule has 0 aliphatic heterocycles. The van der Waals surface area contributed by atoms with E-state index in [1.165, 1.54) is 14.2 Å². The highest BCUT2D eigenvalue weighted by molar-refractivity contribution is 6.22. The summed E-state index contributed by atoms with van der Waals surface area (Å²) in [6.45, 7) is 0.566. The molecule has 0 fully saturated rings. The van der Waals surface area contributed by atoms with Gasteiger partial charge in [0.05, 0.1) is 11.5 Å². The Hall–Kier alpha value is -3.41. The van der Waals surface area contributed by atoms with Crippen LogP contribution in [0.1, 0.15) is 34.3 Å². The Bertz CT molecular complexity index is 1210. The number of hydrogen-bond donors (Lipinski definition) is 5. The van der Waals surface area contributed by atoms with Gasteiger partial charge in [0, 0.05) is 64.6 Å². The number of benzene rings is 1. The standard InChI is InChI=1S/C26H33N3O8/c1-29(2)15-7-13(9-28-10-17(36-3)37-4)22(31)20-14(15)6-11-5-12-8-16(30)21(26(27)35)25(34)19(12)23(32)18(11)24(20)33/h7,11-12,17,19,28,30-32H,5-6,8-10H2,1-4H3,(H2,27,35)/t11-,12+,19?/m1/s1. The molecular weight excluding hydrogens is 482 g/mol. The average molecular weight is 516 g/mol. The summed E-state index contributed by atoms with van der Waals surface area (Å²) < 4.78 is 10.3. The molecule has 1 unspecified atom stereocenters. The third-order valence-electron chi connectivity index (χ3n) is 7.58. The Morgan fingerprint density at radius 2 is 1.86 bits per heavy atom. The van der Waals surface area contributed by atoms with E-state index >= 15 is 0 Å². The number of allylic oxidation sites excluding steroid dienone is 3. The molecule has 6 N–H and O–H groups in total. The Morgan fingerprint density at radius 3 is 2.46 bits per heavy atom. The van der Waals surface area contributed by atoms with Crippen LogP contribution < -0.4 is 16.0 Å². The van der Waals surface area contributed by atoms with Crippen molar-refractivity contribution in [2.75, 3.05) is 39.8 Å². The van der Waals surface area contributed by atoms with E-state index in [1.807, 2.05) is 25.1 Å². The van der Waals surface area contributed by atoms with Crippen LogP contribution in [-0.4, -0.2) is 73.9 Å². The van der Waals surface area contributed by atoms with Crippen LogP contribution in [0.25, 0.3) is 0 Å². The molecule has 0 saturated carbocycles. The lowest BCUT2D eigenvalue weighted by Gasteiger charge is -2.41. The van der Waals surface area contributed by atoms with Gasteiger partial charge in [-0.15, -0.1) is 0 Å². The molecular formula is C26H33N3O8. The SMILES string of the molecule is COC(CNCc1cc(N(C)C)c2c(c1O)C(=O)C1=C(O)C3C(=O)C(C(N)=O)=C(O)C[C@@H]3C[C@@H]1C2)OC. The second-order valence-electron chi connectivity index (χ2n) is 9.94. The molecule has 37 heavy (non-hydrogen) atoms. The molecule has 0 spiro atoms. The number of carbonyl (C=O) groups excluding carboxylic acids is 3. The molecule has 11 nitrogen and oxygen atoms in total. The van der Waals surface area contributed by atoms with Gasteiger partial charge in [-0.1, -0.05) is 0 Å². The van der Waals surface area contributed by atoms with Gasteiger partial charge in [0.1, 0.15) is 22.8 Å². The van der Waals surface area contributed by atoms with E-state index in [1.54, 1.807) is 0 Å². The average Bonchev–Trinajstić information content (AvgIpc) is 2.82. The molecule has 200 valence electrons. The number of nitrogens with zero attached hydrogens (tertiary/aromatic N) is 1. The number of aliphatic hydroxyl groups is 2. The van der Waals surface area contributed by atoms with Crippen LogP contribution in [0.5, 0.6) is 5.75 Å². The maximum absolute atomic E-state index is 13.8. The molecule has 0 bridgehead atoms. The van der Waals surface area contributed by atoms with Crippen molar-refractivity contribution in [2.45, 2.75) is 32.1 Å². The van der Waals surface area contributed by atoms with Crippen molar-refractivity contribution < 1.29 is 39.2 Å². The number of phenols is 1. The zero-order chi connectivity index (χ0) is 27.2. The van der Waals surface area contributed by atoms with Crippen LogP contribution in [0.2, 0.25) is 0 Å². The second kappa shape index (κ2) is 10.2. The minimum Gasteiger partial charge on any atom is -0.511 e. The quantitative estimate of drug-likeness (QED) is 0.250. The number of aromatic hydroxyl groups is 1. The van der Waals surface area contributed by atoms with Crippen LogP contribution in [0, 0.1) is 17.8 Å². The number of primary amides is 1. The molecule has 1 aromatic rings. The summed E-state index contributed by atoms with van der Waals surface area (Å²) in [5, 5.41) is 35.8. The van der Waals surface area contributed by atoms with Gasteiger partial charge in [-0.25, -0.2) is 0 Å². The van der Waals surface area contributed by atoms with Gasteiger partial charge in [-0.3, -0.25) is 14.4 Å². The zero-order valence-electron chi connectivity index (χ0n) is 21.3. The number of ketones is 2. The number of carbonyl (C=O) groups is 3. The van der Waals surface area contributed by atoms with Crippen LogP contribution >= 0.6 is 0 Å². The molecule has 3 aliphatic rings. The molecule has 1 amide bonds. The first kappa shape index (κ1) is 26.6. The van der Waals surface area contributed by atoms with E-state index in [2.05, 4.69) is 5.32 Å². The topological polar surface area (TPSA) is 172 Å². The summed E-state index contributed by atoms with van der Waals surface area (Å²) >= 11 is 0. The number of rotatable bonds is 8. The fourth-order valence-electron chi connectivity index (χ4n) is 5.86. The predicted molar refractivity (Wildman–Crippen MR) is 133 cm³/mol. The van der Waals surface area contributed by atoms with Crippen molar-refractivity contribution in [3.63, 3.8) is 0 Å². The fourth-order valence-corrected chi connectivity index (χ4v) is 5.86. The van der Waals surface area contributed by atoms with Gasteiger partial charge in [-0.2, -0.15) is 0 Å². The van der Waals surface area contributed by atoms with E-state index < -0.39 is 52.8 Å². The van der Waals surface area contributed by atoms with Crippen molar-refractivity contribution in [1.29, 1.82) is 0 Å². The number of aliphatic hydroxyl groups excluding tert-OH is 2. The largest absolute Gasteiger partial charge is 0.511 e. The first-order valence-electron chi connectivity index (χ1n) is 12.1. The van der Waals surface area contributed by atoms with Crippen molar-refractivity contribution in [3.05, 3.63) is 45.4 Å². The smallest absolute Gasteiger partial charge is 0.255 e. The fraction of sp³-hybridized carbons (Fsp3) is 0.500. The normalized spacial score (nSPS) is 23.2. The third kappa shape index (κ3) is 4.47. The Kier molecular flexibility index (Phi) is 7.31. The van der Waals surface area contributed by atoms with E-state index in [9.17, 15) is 29.7 Å². The Balaban J connectivity index is 1.76. The number of Topliss-reactive ketones (excluding diaryl/α,β-unsaturated/α-hetero) is 2. The summed E-state index contributed by atoms with van der Waals surface area (Å²) in [5.41, 5.74) is 6.80. The van der Waals surface area contributed by atoms with Gasteiger partial charge in [-0.05, 0) is 36.3 Å². The van der Waals surface area contributed by atoms with Gasteiger partial charge in [0.25, 0.3) is 5.91 Å². The summed E-state index contributed by atoms with van der Waals surface area (Å²) in [5.74, 6) is -5.44. The first-order valence-corrected chi connectivity index (χ1v) is 12.1. The Labute approximate surface area is 214 Å². The van der Waals surface area contributed by atoms with Gasteiger partial charge in [0.2, 0.25) is 0 Å². The molecule has 0 saturated heterocycles. The number of nitrogens with two attached hydrogens (primary N) is 1. The molecule has 3 aliphatic carbocycles. The number of anilines is 1. The van der Waals surface area contributed by atoms with Crippen molar-refractivity contribution in [1.82, 2.24) is 5.32 Å². The van der Waals surface area contributed by atoms with Gasteiger partial charge in [0.15, 0.2) is 17.9 Å². The third-order valence-corrected chi connectivity index (χ3v) is 7.58. The molecule has 1 aromatic carbocycles. The lowest BCUT2D eigenvalue weighted by atomic mass is 9.62. The highest BCUT2D eigenvalue weighted by Crippen LogP contribution is 2.51. The number of fused-ring (bicyclic) bond motifs is 3. The lowest BCUT2D eigenvalue weighted by Crippen LogP contribution is -2.43. The summed E-state index contributed by atoms with van der Waals surface area (Å²) in [6.07, 6.45) is 0.224. The molecule has 0 radical (unpaired) electrons. The summed E-state index contributed by atoms with van der Waals surface area (Å²) in [6, 6.07) is 1.82. The van der Waals surface area contributed by atoms with Crippen LogP contribution in [0.3, 0.4) is 0 Å². The second-order valence-corrected chi connectivity index (χ2v) is 9.94. The van der Waals surface area contributed by atoms with Crippen LogP contribution in [0.15, 0.2) is 28.7 Å². The highest BCUT2D eigenvalue weighted by atomic mass is 16.7. The Morgan fingerprint density at radius 1 is 1.19 bits per heavy atom. The minimum atomic E-state index is -1.14. The number of phenolic OH excluding ortho intramolecular Hbond substituents is 1. The molecule has 4 rings (SSSR count). The van der Waals surface area contributed by atoms with Crippen LogP contribution in [-0.2, 0) is 32.0 Å². The van der Waals surface area contributed by atoms with E-state index in [0.29, 0.717) is 30.5 Å². The van der Waals surface area contributed by atoms with Crippen LogP contribution in [0.4, 0.5) is 5.69 Å². The van der Waals surface area contributed by atoms with Crippen molar-refractivity contribution in [3.8, 4) is 5.75 Å². The lowest BCUT2D eigenvalue weighted by molar-refractivity contribution is -0.126. The zero-order valence-corrected chi connectivity index (χ0v) is 21.3. The summed E-state index contributed by atoms with van der Waals surface area (Å²) in [4.78, 5) is 40.5. The molecule has 3 atom stereocenters. The first-order chi connectivity index (χ1) is 17.5. The number of methoxy groups -OCH3 is 2. The highest BCUT2D eigenvalue weighted by Gasteiger charge is 2.50. The number of hydrogen-bond acceptors (Lipinski definition) is 10. The van der Waals surface area contributed by atoms with Crippen molar-refractivity contribution in [2.24, 2.45) is 23.5 Å². The minimum absolute atomic E-state index is 0.00387. The number of ether oxygens (including phenoxy) is 2. The van der Waals surface area contributed by atoms with Crippen molar-refractivity contribution >= 4 is 23.2 Å². The van der Waals surface area contributed by atoms with E-state index in [0.717, 1.165) is 5.69 Å². The number of amides is 1. The van der Waals surface area contributed by atoms with Gasteiger partial charge >= 0.3 is 0 Å².